The fraction of sp³-hybridized carbons (Fsp3) is 1.00. The quantitative estimate of drug-likeness (QED) is 0.122. The zero-order valence-corrected chi connectivity index (χ0v) is 63.6. The second kappa shape index (κ2) is 73.2. The predicted octanol–water partition coefficient (Wildman–Crippen LogP) is 13.3. The van der Waals surface area contributed by atoms with Crippen molar-refractivity contribution in [3.63, 3.8) is 0 Å². The number of hydrogen-bond acceptors (Lipinski definition) is 17. The van der Waals surface area contributed by atoms with Crippen LogP contribution in [0.1, 0.15) is 212 Å². The van der Waals surface area contributed by atoms with Crippen molar-refractivity contribution >= 4 is 0 Å². The van der Waals surface area contributed by atoms with Gasteiger partial charge < -0.3 is 85.5 Å². The van der Waals surface area contributed by atoms with Gasteiger partial charge in [0.2, 0.25) is 0 Å². The Balaban J connectivity index is -0.0000000975. The zero-order valence-electron chi connectivity index (χ0n) is 63.6. The molecule has 0 heterocycles. The van der Waals surface area contributed by atoms with Crippen molar-refractivity contribution in [1.82, 2.24) is 0 Å². The molecule has 5 aliphatic carbocycles. The van der Waals surface area contributed by atoms with Gasteiger partial charge in [0, 0.05) is 116 Å². The molecule has 0 unspecified atom stereocenters. The number of rotatable bonds is 12. The molecule has 5 saturated carbocycles. The van der Waals surface area contributed by atoms with Crippen molar-refractivity contribution in [3.05, 3.63) is 0 Å². The minimum atomic E-state index is -0.977. The SMILES string of the molecule is CC.CC.CC.CC.CC.CC.CC.CC.CC.CC.CO[C@@H]1[C@@H](F)[C@H](C)C[C@H](N)[C@H]1OC.CO[C@@H]1[C@@H](N)C[C@@H](C)C[C@H]1OC.CO[C@@H]1[C@@H](OC)[C@H](C)C[C@H](N)[C@H]1OC.CO[C@@H]1[C@H](F)[C@H](C)C[C@H](N)[C@H]1OC.CO[C@@H]1[C@H](OC)[C@H](C)C[C@H](N)[C@H]1OC. The van der Waals surface area contributed by atoms with Crippen LogP contribution < -0.4 is 28.7 Å². The molecule has 24 atom stereocenters. The second-order valence-electron chi connectivity index (χ2n) is 19.1. The van der Waals surface area contributed by atoms with Gasteiger partial charge in [-0.3, -0.25) is 0 Å². The molecule has 0 spiro atoms. The summed E-state index contributed by atoms with van der Waals surface area (Å²) in [6.45, 7) is 50.2. The van der Waals surface area contributed by atoms with Crippen molar-refractivity contribution in [2.75, 3.05) is 85.3 Å². The maximum Gasteiger partial charge on any atom is 0.131 e. The summed E-state index contributed by atoms with van der Waals surface area (Å²) in [5, 5.41) is 0. The van der Waals surface area contributed by atoms with Gasteiger partial charge in [-0.15, -0.1) is 0 Å². The number of halogens is 2. The average Bonchev–Trinajstić information content (AvgIpc) is 3.73. The number of hydrogen-bond donors (Lipinski definition) is 5. The smallest absolute Gasteiger partial charge is 0.131 e. The molecule has 19 heteroatoms. The Hall–Kier alpha value is -0.820. The van der Waals surface area contributed by atoms with Crippen LogP contribution in [0.15, 0.2) is 0 Å². The van der Waals surface area contributed by atoms with E-state index < -0.39 is 24.6 Å². The lowest BCUT2D eigenvalue weighted by Crippen LogP contribution is -2.58. The predicted molar refractivity (Wildman–Crippen MR) is 366 cm³/mol. The Labute approximate surface area is 534 Å². The van der Waals surface area contributed by atoms with Crippen molar-refractivity contribution in [2.24, 2.45) is 58.3 Å². The average molecular weight is 1260 g/mol. The summed E-state index contributed by atoms with van der Waals surface area (Å²) in [7, 11) is 19.6. The van der Waals surface area contributed by atoms with Crippen LogP contribution in [0.3, 0.4) is 0 Å². The van der Waals surface area contributed by atoms with E-state index in [-0.39, 0.29) is 103 Å². The maximum absolute atomic E-state index is 13.6. The molecule has 0 aromatic heterocycles. The molecule has 0 bridgehead atoms. The van der Waals surface area contributed by atoms with Gasteiger partial charge in [-0.2, -0.15) is 0 Å². The van der Waals surface area contributed by atoms with Gasteiger partial charge in [0.15, 0.2) is 0 Å². The third kappa shape index (κ3) is 39.5. The van der Waals surface area contributed by atoms with E-state index in [4.69, 9.17) is 85.5 Å². The summed E-state index contributed by atoms with van der Waals surface area (Å²) in [5.41, 5.74) is 29.6. The summed E-state index contributed by atoms with van der Waals surface area (Å²) in [6, 6.07) is -0.0599. The van der Waals surface area contributed by atoms with E-state index >= 15 is 0 Å². The topological polar surface area (TPSA) is 241 Å². The Morgan fingerprint density at radius 2 is 0.407 bits per heavy atom. The molecular weight excluding hydrogens is 1100 g/mol. The standard InChI is InChI=1S/2C10H21NO3.2C9H18FNO2.C9H19NO2.10C2H6/c2*1-6-5-7(11)9(13-3)10(14-4)8(6)12-2;2*1-5-4-6(11)8(12-2)9(13-3)7(5)10;1-6-4-7(10)9(12-3)8(5-6)11-2;10*1-2/h2*6-10H,5,11H2,1-4H3;2*5-9H,4,11H2,1-3H3;6-9H,4-5,10H2,1-3H3;10*1-2H3/t6-,7+,8+,9-,10-;6-,7+,8-,9-,10-;5-,6+,7+,8-,9-;5-,6+,7-,8-,9-;6-,7+,8-,9-;;;;;;;;;;/m11111........../s1. The van der Waals surface area contributed by atoms with Gasteiger partial charge in [-0.1, -0.05) is 173 Å². The summed E-state index contributed by atoms with van der Waals surface area (Å²) in [6.07, 6.45) is 1.71. The lowest BCUT2D eigenvalue weighted by atomic mass is 9.80. The lowest BCUT2D eigenvalue weighted by Gasteiger charge is -2.42. The Morgan fingerprint density at radius 3 is 0.605 bits per heavy atom. The third-order valence-electron chi connectivity index (χ3n) is 14.4. The molecule has 0 amide bonds. The monoisotopic (exact) mass is 1260 g/mol. The Bertz CT molecular complexity index is 1150. The molecule has 0 radical (unpaired) electrons. The van der Waals surface area contributed by atoms with Crippen LogP contribution >= 0.6 is 0 Å². The first-order valence-electron chi connectivity index (χ1n) is 33.6. The van der Waals surface area contributed by atoms with Gasteiger partial charge in [0.1, 0.15) is 61.2 Å². The summed E-state index contributed by atoms with van der Waals surface area (Å²) in [5.74, 6) is 1.37. The normalized spacial score (nSPS) is 35.0. The molecule has 536 valence electrons. The Kier molecular flexibility index (Phi) is 90.9. The van der Waals surface area contributed by atoms with E-state index in [9.17, 15) is 8.78 Å². The van der Waals surface area contributed by atoms with Crippen molar-refractivity contribution in [1.29, 1.82) is 0 Å². The van der Waals surface area contributed by atoms with E-state index in [1.165, 1.54) is 14.2 Å². The largest absolute Gasteiger partial charge is 0.379 e. The molecule has 86 heavy (non-hydrogen) atoms. The third-order valence-corrected chi connectivity index (χ3v) is 14.4. The van der Waals surface area contributed by atoms with Gasteiger partial charge in [-0.25, -0.2) is 8.78 Å². The van der Waals surface area contributed by atoms with Crippen LogP contribution in [0.2, 0.25) is 0 Å². The molecule has 17 nitrogen and oxygen atoms in total. The second-order valence-corrected chi connectivity index (χ2v) is 19.1. The van der Waals surface area contributed by atoms with Crippen molar-refractivity contribution in [3.8, 4) is 0 Å². The maximum atomic E-state index is 13.6. The number of alkyl halides is 2. The molecule has 0 aromatic carbocycles. The highest BCUT2D eigenvalue weighted by atomic mass is 19.1. The van der Waals surface area contributed by atoms with Gasteiger partial charge in [0.05, 0.1) is 24.4 Å². The fourth-order valence-electron chi connectivity index (χ4n) is 10.9. The minimum absolute atomic E-state index is 0.0337. The summed E-state index contributed by atoms with van der Waals surface area (Å²) < 4.78 is 90.6. The molecule has 0 aliphatic heterocycles. The summed E-state index contributed by atoms with van der Waals surface area (Å²) >= 11 is 0. The summed E-state index contributed by atoms with van der Waals surface area (Å²) in [4.78, 5) is 0. The van der Waals surface area contributed by atoms with Gasteiger partial charge in [-0.05, 0) is 68.1 Å². The molecule has 0 aromatic rings. The molecule has 5 rings (SSSR count). The first-order valence-corrected chi connectivity index (χ1v) is 33.6. The first kappa shape index (κ1) is 107. The van der Waals surface area contributed by atoms with Crippen LogP contribution in [0.4, 0.5) is 8.78 Å². The highest BCUT2D eigenvalue weighted by molar-refractivity contribution is 4.98. The van der Waals surface area contributed by atoms with E-state index in [0.717, 1.165) is 25.7 Å². The lowest BCUT2D eigenvalue weighted by molar-refractivity contribution is -0.152. The van der Waals surface area contributed by atoms with Crippen LogP contribution in [-0.2, 0) is 56.8 Å². The first-order chi connectivity index (χ1) is 41.2. The zero-order chi connectivity index (χ0) is 70.6. The van der Waals surface area contributed by atoms with Crippen molar-refractivity contribution in [2.45, 2.75) is 327 Å². The highest BCUT2D eigenvalue weighted by Crippen LogP contribution is 2.33. The van der Waals surface area contributed by atoms with Crippen LogP contribution in [-0.4, -0.2) is 201 Å². The van der Waals surface area contributed by atoms with E-state index in [1.807, 2.05) is 152 Å². The molecule has 5 aliphatic rings. The molecular formula is C67H157F2N5O12. The highest BCUT2D eigenvalue weighted by Gasteiger charge is 2.46. The van der Waals surface area contributed by atoms with Crippen LogP contribution in [0.25, 0.3) is 0 Å². The Morgan fingerprint density at radius 1 is 0.221 bits per heavy atom. The fourth-order valence-corrected chi connectivity index (χ4v) is 10.9. The number of ether oxygens (including phenoxy) is 12. The molecule has 5 fully saturated rings. The number of nitrogens with two attached hydrogens (primary N) is 5. The van der Waals surface area contributed by atoms with Gasteiger partial charge >= 0.3 is 0 Å². The van der Waals surface area contributed by atoms with Gasteiger partial charge in [0.25, 0.3) is 0 Å². The molecule has 10 N–H and O–H groups in total. The molecule has 0 saturated heterocycles. The number of methoxy groups -OCH3 is 12. The van der Waals surface area contributed by atoms with E-state index in [0.29, 0.717) is 30.6 Å². The van der Waals surface area contributed by atoms with E-state index in [1.54, 1.807) is 71.1 Å². The minimum Gasteiger partial charge on any atom is -0.379 e. The van der Waals surface area contributed by atoms with E-state index in [2.05, 4.69) is 20.8 Å². The van der Waals surface area contributed by atoms with Crippen LogP contribution in [0.5, 0.6) is 0 Å². The van der Waals surface area contributed by atoms with Crippen LogP contribution in [0, 0.1) is 29.6 Å². The van der Waals surface area contributed by atoms with Crippen molar-refractivity contribution < 1.29 is 65.6 Å².